The number of carbonyl (C=O) groups excluding carboxylic acids is 4. The second-order valence-electron chi connectivity index (χ2n) is 11.6. The molecule has 9 nitrogen and oxygen atoms in total. The van der Waals surface area contributed by atoms with Crippen molar-refractivity contribution in [3.8, 4) is 5.75 Å². The molecule has 0 bridgehead atoms. The van der Waals surface area contributed by atoms with Gasteiger partial charge < -0.3 is 24.2 Å². The Balaban J connectivity index is 1.62. The molecule has 39 heavy (non-hydrogen) atoms. The summed E-state index contributed by atoms with van der Waals surface area (Å²) in [5.74, 6) is 0.796. The van der Waals surface area contributed by atoms with E-state index in [1.165, 1.54) is 14.0 Å². The number of methoxy groups -OCH3 is 1. The zero-order valence-corrected chi connectivity index (χ0v) is 24.4. The number of esters is 1. The molecule has 0 aromatic heterocycles. The maximum absolute atomic E-state index is 13.8. The van der Waals surface area contributed by atoms with Gasteiger partial charge in [-0.05, 0) is 61.6 Å². The van der Waals surface area contributed by atoms with Crippen LogP contribution in [0.4, 0.5) is 0 Å². The number of piperidine rings is 1. The summed E-state index contributed by atoms with van der Waals surface area (Å²) in [6.45, 7) is 12.3. The van der Waals surface area contributed by atoms with Crippen LogP contribution >= 0.6 is 0 Å². The minimum Gasteiger partial charge on any atom is -0.493 e. The van der Waals surface area contributed by atoms with Gasteiger partial charge in [-0.25, -0.2) is 4.79 Å². The van der Waals surface area contributed by atoms with Crippen molar-refractivity contribution in [2.75, 3.05) is 39.9 Å². The summed E-state index contributed by atoms with van der Waals surface area (Å²) in [5, 5.41) is 0. The minimum atomic E-state index is -0.518. The van der Waals surface area contributed by atoms with Crippen LogP contribution in [0, 0.1) is 17.8 Å². The molecule has 2 atom stereocenters. The van der Waals surface area contributed by atoms with Gasteiger partial charge in [-0.2, -0.15) is 0 Å². The fourth-order valence-electron chi connectivity index (χ4n) is 5.55. The van der Waals surface area contributed by atoms with Crippen LogP contribution in [0.15, 0.2) is 24.3 Å². The van der Waals surface area contributed by atoms with E-state index in [-0.39, 0.29) is 35.5 Å². The lowest BCUT2D eigenvalue weighted by atomic mass is 9.93. The van der Waals surface area contributed by atoms with Gasteiger partial charge in [-0.3, -0.25) is 14.4 Å². The maximum Gasteiger partial charge on any atom is 0.337 e. The monoisotopic (exact) mass is 543 g/mol. The molecule has 9 heteroatoms. The minimum absolute atomic E-state index is 0.00164. The number of rotatable bonds is 10. The number of benzene rings is 1. The molecular weight excluding hydrogens is 498 g/mol. The van der Waals surface area contributed by atoms with Gasteiger partial charge in [0.15, 0.2) is 0 Å². The van der Waals surface area contributed by atoms with Crippen LogP contribution in [0.5, 0.6) is 5.75 Å². The smallest absolute Gasteiger partial charge is 0.337 e. The number of hydrogen-bond acceptors (Lipinski definition) is 6. The molecule has 1 aromatic carbocycles. The number of ether oxygens (including phenoxy) is 2. The molecule has 2 aliphatic heterocycles. The van der Waals surface area contributed by atoms with Crippen molar-refractivity contribution in [1.29, 1.82) is 0 Å². The third-order valence-corrected chi connectivity index (χ3v) is 7.65. The lowest BCUT2D eigenvalue weighted by Gasteiger charge is -2.45. The van der Waals surface area contributed by atoms with E-state index in [4.69, 9.17) is 9.47 Å². The lowest BCUT2D eigenvalue weighted by Crippen LogP contribution is -2.63. The van der Waals surface area contributed by atoms with Crippen molar-refractivity contribution in [1.82, 2.24) is 14.7 Å². The Morgan fingerprint density at radius 1 is 1.00 bits per heavy atom. The number of piperazine rings is 1. The van der Waals surface area contributed by atoms with Crippen LogP contribution in [0.25, 0.3) is 0 Å². The fraction of sp³-hybridized carbons (Fsp3) is 0.667. The van der Waals surface area contributed by atoms with Crippen molar-refractivity contribution in [2.45, 2.75) is 72.4 Å². The van der Waals surface area contributed by atoms with Gasteiger partial charge in [-0.1, -0.05) is 33.8 Å². The summed E-state index contributed by atoms with van der Waals surface area (Å²) in [7, 11) is 1.35. The fourth-order valence-corrected chi connectivity index (χ4v) is 5.55. The quantitative estimate of drug-likeness (QED) is 0.419. The van der Waals surface area contributed by atoms with Crippen LogP contribution in [-0.2, 0) is 19.1 Å². The first kappa shape index (κ1) is 30.4. The Labute approximate surface area is 232 Å². The summed E-state index contributed by atoms with van der Waals surface area (Å²) in [6.07, 6.45) is 2.79. The Hall–Kier alpha value is -3.10. The molecule has 3 amide bonds. The highest BCUT2D eigenvalue weighted by Crippen LogP contribution is 2.26. The van der Waals surface area contributed by atoms with E-state index < -0.39 is 18.1 Å². The summed E-state index contributed by atoms with van der Waals surface area (Å²) in [4.78, 5) is 56.8. The van der Waals surface area contributed by atoms with Crippen LogP contribution in [0.3, 0.4) is 0 Å². The van der Waals surface area contributed by atoms with Crippen LogP contribution in [-0.4, -0.2) is 90.4 Å². The van der Waals surface area contributed by atoms with Gasteiger partial charge in [0, 0.05) is 33.1 Å². The first-order chi connectivity index (χ1) is 18.5. The van der Waals surface area contributed by atoms with Gasteiger partial charge in [0.25, 0.3) is 0 Å². The second kappa shape index (κ2) is 13.8. The molecule has 216 valence electrons. The van der Waals surface area contributed by atoms with Gasteiger partial charge in [-0.15, -0.1) is 0 Å². The van der Waals surface area contributed by atoms with Crippen molar-refractivity contribution < 1.29 is 28.7 Å². The Morgan fingerprint density at radius 3 is 2.28 bits per heavy atom. The molecule has 0 radical (unpaired) electrons. The van der Waals surface area contributed by atoms with Crippen LogP contribution in [0.1, 0.15) is 70.7 Å². The van der Waals surface area contributed by atoms with Crippen molar-refractivity contribution in [3.05, 3.63) is 29.8 Å². The first-order valence-corrected chi connectivity index (χ1v) is 14.2. The highest BCUT2D eigenvalue weighted by molar-refractivity contribution is 5.93. The molecule has 1 aromatic rings. The van der Waals surface area contributed by atoms with Crippen molar-refractivity contribution in [3.63, 3.8) is 0 Å². The molecular formula is C30H45N3O6. The topological polar surface area (TPSA) is 96.5 Å². The number of hydrogen-bond donors (Lipinski definition) is 0. The second-order valence-corrected chi connectivity index (χ2v) is 11.6. The van der Waals surface area contributed by atoms with Crippen LogP contribution in [0.2, 0.25) is 0 Å². The van der Waals surface area contributed by atoms with E-state index in [1.54, 1.807) is 28.0 Å². The van der Waals surface area contributed by atoms with E-state index in [0.29, 0.717) is 56.9 Å². The summed E-state index contributed by atoms with van der Waals surface area (Å²) >= 11 is 0. The van der Waals surface area contributed by atoms with E-state index in [2.05, 4.69) is 13.8 Å². The zero-order chi connectivity index (χ0) is 28.7. The van der Waals surface area contributed by atoms with Gasteiger partial charge in [0.2, 0.25) is 17.7 Å². The molecule has 0 spiro atoms. The standard InChI is InChI=1S/C30H45N3O6/c1-20(2)16-26(33-15-14-32(22(5)34)27(29(33)36)17-21(3)4)28(35)31-12-10-23(11-13-31)19-39-25-9-7-8-24(18-25)30(37)38-6/h7-9,18,20-21,23,26-27H,10-17,19H2,1-6H3/t26-,27-/m0/s1. The molecule has 2 fully saturated rings. The highest BCUT2D eigenvalue weighted by atomic mass is 16.5. The third kappa shape index (κ3) is 7.96. The van der Waals surface area contributed by atoms with Gasteiger partial charge >= 0.3 is 5.97 Å². The Morgan fingerprint density at radius 2 is 1.69 bits per heavy atom. The third-order valence-electron chi connectivity index (χ3n) is 7.65. The predicted molar refractivity (Wildman–Crippen MR) is 148 cm³/mol. The predicted octanol–water partition coefficient (Wildman–Crippen LogP) is 3.61. The number of amides is 3. The van der Waals surface area contributed by atoms with E-state index >= 15 is 0 Å². The van der Waals surface area contributed by atoms with Gasteiger partial charge in [0.1, 0.15) is 17.8 Å². The summed E-state index contributed by atoms with van der Waals surface area (Å²) < 4.78 is 10.7. The molecule has 0 aliphatic carbocycles. The first-order valence-electron chi connectivity index (χ1n) is 14.2. The summed E-state index contributed by atoms with van der Waals surface area (Å²) in [6, 6.07) is 5.91. The molecule has 2 aliphatic rings. The SMILES string of the molecule is COC(=O)c1cccc(OCC2CCN(C(=O)[C@H](CC(C)C)N3CCN(C(C)=O)[C@@H](CC(C)C)C3=O)CC2)c1. The van der Waals surface area contributed by atoms with Crippen molar-refractivity contribution >= 4 is 23.7 Å². The molecule has 3 rings (SSSR count). The maximum atomic E-state index is 13.8. The van der Waals surface area contributed by atoms with E-state index in [9.17, 15) is 19.2 Å². The Kier molecular flexibility index (Phi) is 10.8. The number of carbonyl (C=O) groups is 4. The normalized spacial score (nSPS) is 19.4. The molecule has 0 saturated carbocycles. The molecule has 2 heterocycles. The number of likely N-dealkylation sites (tertiary alicyclic amines) is 1. The van der Waals surface area contributed by atoms with E-state index in [1.807, 2.05) is 24.8 Å². The lowest BCUT2D eigenvalue weighted by molar-refractivity contribution is -0.159. The highest BCUT2D eigenvalue weighted by Gasteiger charge is 2.42. The molecule has 0 N–H and O–H groups in total. The molecule has 2 saturated heterocycles. The van der Waals surface area contributed by atoms with Gasteiger partial charge in [0.05, 0.1) is 19.3 Å². The largest absolute Gasteiger partial charge is 0.493 e. The zero-order valence-electron chi connectivity index (χ0n) is 24.4. The van der Waals surface area contributed by atoms with Crippen molar-refractivity contribution in [2.24, 2.45) is 17.8 Å². The average molecular weight is 544 g/mol. The Bertz CT molecular complexity index is 1020. The number of nitrogens with zero attached hydrogens (tertiary/aromatic N) is 3. The van der Waals surface area contributed by atoms with Crippen LogP contribution < -0.4 is 4.74 Å². The summed E-state index contributed by atoms with van der Waals surface area (Å²) in [5.41, 5.74) is 0.445. The average Bonchev–Trinajstić information content (AvgIpc) is 2.91. The van der Waals surface area contributed by atoms with E-state index in [0.717, 1.165) is 12.8 Å². The molecule has 0 unspecified atom stereocenters.